The summed E-state index contributed by atoms with van der Waals surface area (Å²) < 4.78 is 0. The van der Waals surface area contributed by atoms with Crippen LogP contribution in [0.1, 0.15) is 18.9 Å². The van der Waals surface area contributed by atoms with Gasteiger partial charge in [0.1, 0.15) is 0 Å². The summed E-state index contributed by atoms with van der Waals surface area (Å²) in [6.07, 6.45) is 0.874. The second-order valence-corrected chi connectivity index (χ2v) is 9.40. The number of likely N-dealkylation sites (N-methyl/N-ethyl adjacent to an activating group) is 1. The number of amides is 3. The molecule has 0 spiro atoms. The van der Waals surface area contributed by atoms with Crippen molar-refractivity contribution in [3.63, 3.8) is 0 Å². The maximum Gasteiger partial charge on any atom is 0.228 e. The standard InChI is InChI=1S/C24H29N3O3S/c1-3-26-10-11-27(24(30)20-14-22(28)25(2)15-20)16-19(23(26)29)13-17-6-8-18(9-7-17)21-5-4-12-31-21/h4-9,12,19-20H,3,10-11,13-16H2,1-2H3/t19-,20-/m1/s1. The Morgan fingerprint density at radius 2 is 1.87 bits per heavy atom. The lowest BCUT2D eigenvalue weighted by Crippen LogP contribution is -2.41. The van der Waals surface area contributed by atoms with E-state index in [2.05, 4.69) is 35.7 Å². The number of hydrogen-bond acceptors (Lipinski definition) is 4. The van der Waals surface area contributed by atoms with E-state index in [9.17, 15) is 14.4 Å². The van der Waals surface area contributed by atoms with Gasteiger partial charge in [0.25, 0.3) is 0 Å². The van der Waals surface area contributed by atoms with Crippen LogP contribution in [0.15, 0.2) is 41.8 Å². The van der Waals surface area contributed by atoms with Gasteiger partial charge in [-0.3, -0.25) is 14.4 Å². The van der Waals surface area contributed by atoms with Gasteiger partial charge in [-0.05, 0) is 35.9 Å². The minimum absolute atomic E-state index is 0.00139. The summed E-state index contributed by atoms with van der Waals surface area (Å²) in [6.45, 7) is 4.57. The highest BCUT2D eigenvalue weighted by molar-refractivity contribution is 7.13. The zero-order valence-corrected chi connectivity index (χ0v) is 18.9. The molecule has 0 bridgehead atoms. The van der Waals surface area contributed by atoms with E-state index >= 15 is 0 Å². The fourth-order valence-corrected chi connectivity index (χ4v) is 5.26. The average molecular weight is 440 g/mol. The quantitative estimate of drug-likeness (QED) is 0.720. The molecule has 2 aromatic rings. The van der Waals surface area contributed by atoms with E-state index in [-0.39, 0.29) is 36.0 Å². The first kappa shape index (κ1) is 21.6. The minimum atomic E-state index is -0.300. The molecule has 164 valence electrons. The first-order chi connectivity index (χ1) is 15.0. The highest BCUT2D eigenvalue weighted by atomic mass is 32.1. The lowest BCUT2D eigenvalue weighted by molar-refractivity contribution is -0.137. The lowest BCUT2D eigenvalue weighted by Gasteiger charge is -2.25. The molecule has 3 heterocycles. The molecule has 1 aromatic carbocycles. The maximum atomic E-state index is 13.2. The molecule has 1 aromatic heterocycles. The molecule has 2 saturated heterocycles. The summed E-state index contributed by atoms with van der Waals surface area (Å²) in [5.74, 6) is -0.441. The summed E-state index contributed by atoms with van der Waals surface area (Å²) in [5.41, 5.74) is 2.27. The molecule has 2 aliphatic heterocycles. The van der Waals surface area contributed by atoms with E-state index in [0.29, 0.717) is 39.1 Å². The molecule has 2 aliphatic rings. The Kier molecular flexibility index (Phi) is 6.41. The van der Waals surface area contributed by atoms with Crippen molar-refractivity contribution in [1.29, 1.82) is 0 Å². The molecule has 0 radical (unpaired) electrons. The zero-order valence-electron chi connectivity index (χ0n) is 18.1. The van der Waals surface area contributed by atoms with Crippen LogP contribution >= 0.6 is 11.3 Å². The van der Waals surface area contributed by atoms with Gasteiger partial charge in [0.15, 0.2) is 0 Å². The second-order valence-electron chi connectivity index (χ2n) is 8.45. The predicted octanol–water partition coefficient (Wildman–Crippen LogP) is 2.74. The molecular formula is C24H29N3O3S. The number of thiophene rings is 1. The van der Waals surface area contributed by atoms with Crippen molar-refractivity contribution < 1.29 is 14.4 Å². The topological polar surface area (TPSA) is 60.9 Å². The second kappa shape index (κ2) is 9.22. The lowest BCUT2D eigenvalue weighted by atomic mass is 9.96. The third kappa shape index (κ3) is 4.66. The molecule has 0 N–H and O–H groups in total. The van der Waals surface area contributed by atoms with Crippen molar-refractivity contribution >= 4 is 29.1 Å². The Bertz CT molecular complexity index is 941. The van der Waals surface area contributed by atoms with E-state index < -0.39 is 0 Å². The van der Waals surface area contributed by atoms with Crippen LogP contribution in [0.4, 0.5) is 0 Å². The molecule has 31 heavy (non-hydrogen) atoms. The van der Waals surface area contributed by atoms with Crippen molar-refractivity contribution in [2.24, 2.45) is 11.8 Å². The molecule has 2 fully saturated rings. The van der Waals surface area contributed by atoms with Crippen LogP contribution in [0.2, 0.25) is 0 Å². The third-order valence-corrected chi connectivity index (χ3v) is 7.29. The Hall–Kier alpha value is -2.67. The Morgan fingerprint density at radius 3 is 2.48 bits per heavy atom. The largest absolute Gasteiger partial charge is 0.345 e. The summed E-state index contributed by atoms with van der Waals surface area (Å²) in [6, 6.07) is 12.5. The number of nitrogens with zero attached hydrogens (tertiary/aromatic N) is 3. The van der Waals surface area contributed by atoms with Crippen LogP contribution < -0.4 is 0 Å². The highest BCUT2D eigenvalue weighted by Gasteiger charge is 2.38. The maximum absolute atomic E-state index is 13.2. The molecule has 0 saturated carbocycles. The number of rotatable bonds is 5. The van der Waals surface area contributed by atoms with Crippen molar-refractivity contribution in [1.82, 2.24) is 14.7 Å². The molecule has 0 unspecified atom stereocenters. The summed E-state index contributed by atoms with van der Waals surface area (Å²) in [5, 5.41) is 2.06. The molecule has 0 aliphatic carbocycles. The van der Waals surface area contributed by atoms with Gasteiger partial charge in [0.2, 0.25) is 17.7 Å². The zero-order chi connectivity index (χ0) is 22.0. The van der Waals surface area contributed by atoms with E-state index in [1.807, 2.05) is 22.8 Å². The molecule has 6 nitrogen and oxygen atoms in total. The predicted molar refractivity (Wildman–Crippen MR) is 122 cm³/mol. The Labute approximate surface area is 187 Å². The highest BCUT2D eigenvalue weighted by Crippen LogP contribution is 2.26. The third-order valence-electron chi connectivity index (χ3n) is 6.37. The van der Waals surface area contributed by atoms with Crippen LogP contribution in [-0.2, 0) is 20.8 Å². The van der Waals surface area contributed by atoms with Crippen LogP contribution in [0.25, 0.3) is 10.4 Å². The van der Waals surface area contributed by atoms with E-state index in [1.54, 1.807) is 23.3 Å². The van der Waals surface area contributed by atoms with Gasteiger partial charge in [0.05, 0.1) is 11.8 Å². The monoisotopic (exact) mass is 439 g/mol. The van der Waals surface area contributed by atoms with Crippen molar-refractivity contribution in [2.75, 3.05) is 39.8 Å². The normalized spacial score (nSPS) is 22.2. The fourth-order valence-electron chi connectivity index (χ4n) is 4.53. The summed E-state index contributed by atoms with van der Waals surface area (Å²) in [7, 11) is 1.74. The number of carbonyl (C=O) groups excluding carboxylic acids is 3. The van der Waals surface area contributed by atoms with Crippen molar-refractivity contribution in [2.45, 2.75) is 19.8 Å². The average Bonchev–Trinajstić information content (AvgIpc) is 3.39. The number of likely N-dealkylation sites (tertiary alicyclic amines) is 1. The SMILES string of the molecule is CCN1CCN(C(=O)[C@@H]2CC(=O)N(C)C2)C[C@@H](Cc2ccc(-c3cccs3)cc2)C1=O. The Morgan fingerprint density at radius 1 is 1.10 bits per heavy atom. The van der Waals surface area contributed by atoms with Crippen LogP contribution in [0.5, 0.6) is 0 Å². The van der Waals surface area contributed by atoms with E-state index in [0.717, 1.165) is 5.56 Å². The van der Waals surface area contributed by atoms with Crippen LogP contribution in [0.3, 0.4) is 0 Å². The molecule has 7 heteroatoms. The molecular weight excluding hydrogens is 410 g/mol. The van der Waals surface area contributed by atoms with Gasteiger partial charge in [-0.2, -0.15) is 0 Å². The van der Waals surface area contributed by atoms with Crippen LogP contribution in [0, 0.1) is 11.8 Å². The van der Waals surface area contributed by atoms with Crippen LogP contribution in [-0.4, -0.2) is 72.2 Å². The van der Waals surface area contributed by atoms with Crippen molar-refractivity contribution in [3.8, 4) is 10.4 Å². The summed E-state index contributed by atoms with van der Waals surface area (Å²) >= 11 is 1.71. The molecule has 4 rings (SSSR count). The minimum Gasteiger partial charge on any atom is -0.345 e. The fraction of sp³-hybridized carbons (Fsp3) is 0.458. The van der Waals surface area contributed by atoms with Gasteiger partial charge in [-0.25, -0.2) is 0 Å². The number of benzene rings is 1. The first-order valence-corrected chi connectivity index (χ1v) is 11.8. The van der Waals surface area contributed by atoms with Gasteiger partial charge in [0, 0.05) is 51.1 Å². The van der Waals surface area contributed by atoms with E-state index in [1.165, 1.54) is 10.4 Å². The smallest absolute Gasteiger partial charge is 0.228 e. The molecule has 2 atom stereocenters. The van der Waals surface area contributed by atoms with Gasteiger partial charge < -0.3 is 14.7 Å². The van der Waals surface area contributed by atoms with Gasteiger partial charge in [-0.15, -0.1) is 11.3 Å². The Balaban J connectivity index is 1.49. The number of hydrogen-bond donors (Lipinski definition) is 0. The summed E-state index contributed by atoms with van der Waals surface area (Å²) in [4.78, 5) is 44.7. The number of carbonyl (C=O) groups is 3. The van der Waals surface area contributed by atoms with Gasteiger partial charge >= 0.3 is 0 Å². The first-order valence-electron chi connectivity index (χ1n) is 10.9. The van der Waals surface area contributed by atoms with E-state index in [4.69, 9.17) is 0 Å². The van der Waals surface area contributed by atoms with Crippen molar-refractivity contribution in [3.05, 3.63) is 47.3 Å². The molecule has 3 amide bonds. The van der Waals surface area contributed by atoms with Gasteiger partial charge in [-0.1, -0.05) is 30.3 Å².